The maximum absolute atomic E-state index is 12.9. The number of urea groups is 1. The number of aliphatic hydroxyl groups is 1. The number of thiazole rings is 1. The van der Waals surface area contributed by atoms with E-state index in [1.807, 2.05) is 6.20 Å². The number of carbonyl (C=O) groups is 1. The second-order valence-corrected chi connectivity index (χ2v) is 8.58. The average molecular weight is 424 g/mol. The Morgan fingerprint density at radius 3 is 2.83 bits per heavy atom. The highest BCUT2D eigenvalue weighted by molar-refractivity contribution is 7.22. The Hall–Kier alpha value is -2.04. The van der Waals surface area contributed by atoms with Crippen LogP contribution in [0, 0.1) is 0 Å². The van der Waals surface area contributed by atoms with E-state index in [-0.39, 0.29) is 18.9 Å². The molecule has 0 unspecified atom stereocenters. The van der Waals surface area contributed by atoms with E-state index in [1.165, 1.54) is 11.3 Å². The molecule has 0 saturated carbocycles. The third-order valence-corrected chi connectivity index (χ3v) is 6.73. The van der Waals surface area contributed by atoms with Crippen LogP contribution in [0.25, 0.3) is 10.2 Å². The van der Waals surface area contributed by atoms with Crippen LogP contribution in [0.1, 0.15) is 37.2 Å². The number of amides is 2. The fraction of sp³-hybridized carbons (Fsp3) is 0.632. The van der Waals surface area contributed by atoms with Crippen molar-refractivity contribution < 1.29 is 23.8 Å². The molecule has 8 nitrogen and oxygen atoms in total. The van der Waals surface area contributed by atoms with Crippen molar-refractivity contribution >= 4 is 32.7 Å². The number of rotatable bonds is 4. The van der Waals surface area contributed by atoms with Gasteiger partial charge in [0.1, 0.15) is 12.2 Å². The van der Waals surface area contributed by atoms with Gasteiger partial charge < -0.3 is 19.5 Å². The Kier molecular flexibility index (Phi) is 5.84. The summed E-state index contributed by atoms with van der Waals surface area (Å²) in [4.78, 5) is 23.2. The van der Waals surface area contributed by atoms with Crippen molar-refractivity contribution in [3.05, 3.63) is 11.8 Å². The summed E-state index contributed by atoms with van der Waals surface area (Å²) in [6.45, 7) is 1.26. The van der Waals surface area contributed by atoms with Crippen LogP contribution in [0.2, 0.25) is 0 Å². The Morgan fingerprint density at radius 2 is 2.17 bits per heavy atom. The van der Waals surface area contributed by atoms with Gasteiger partial charge in [-0.2, -0.15) is 0 Å². The minimum Gasteiger partial charge on any atom is -0.479 e. The van der Waals surface area contributed by atoms with E-state index >= 15 is 0 Å². The number of hydrogen-bond acceptors (Lipinski definition) is 7. The highest BCUT2D eigenvalue weighted by Gasteiger charge is 2.34. The Bertz CT molecular complexity index is 878. The molecule has 0 atom stereocenters. The zero-order valence-electron chi connectivity index (χ0n) is 16.3. The van der Waals surface area contributed by atoms with Gasteiger partial charge in [-0.05, 0) is 37.2 Å². The van der Waals surface area contributed by atoms with Crippen LogP contribution in [0.5, 0.6) is 5.88 Å². The number of nitrogens with zero attached hydrogens (tertiary/aromatic N) is 3. The molecule has 0 radical (unpaired) electrons. The van der Waals surface area contributed by atoms with Crippen LogP contribution in [-0.2, 0) is 4.74 Å². The predicted molar refractivity (Wildman–Crippen MR) is 108 cm³/mol. The van der Waals surface area contributed by atoms with Crippen molar-refractivity contribution in [2.45, 2.75) is 37.2 Å². The van der Waals surface area contributed by atoms with Gasteiger partial charge in [0.2, 0.25) is 5.88 Å². The van der Waals surface area contributed by atoms with Crippen molar-refractivity contribution in [2.24, 2.45) is 0 Å². The van der Waals surface area contributed by atoms with Crippen molar-refractivity contribution in [1.29, 1.82) is 0 Å². The maximum atomic E-state index is 12.9. The highest BCUT2D eigenvalue weighted by atomic mass is 32.1. The van der Waals surface area contributed by atoms with Gasteiger partial charge in [-0.1, -0.05) is 11.3 Å². The Labute approximate surface area is 172 Å². The lowest BCUT2D eigenvalue weighted by molar-refractivity contribution is -0.0293. The third kappa shape index (κ3) is 4.15. The summed E-state index contributed by atoms with van der Waals surface area (Å²) in [5, 5.41) is 13.3. The van der Waals surface area contributed by atoms with E-state index < -0.39 is 12.3 Å². The van der Waals surface area contributed by atoms with Gasteiger partial charge in [-0.15, -0.1) is 0 Å². The fourth-order valence-electron chi connectivity index (χ4n) is 3.84. The molecule has 2 aliphatic rings. The molecule has 158 valence electrons. The molecule has 0 aliphatic carbocycles. The second kappa shape index (κ2) is 8.37. The lowest BCUT2D eigenvalue weighted by Crippen LogP contribution is -2.49. The maximum Gasteiger partial charge on any atom is 0.323 e. The van der Waals surface area contributed by atoms with E-state index in [2.05, 4.69) is 15.3 Å². The first-order valence-corrected chi connectivity index (χ1v) is 10.6. The topological polar surface area (TPSA) is 96.8 Å². The molecule has 4 heterocycles. The van der Waals surface area contributed by atoms with Gasteiger partial charge >= 0.3 is 6.03 Å². The SMILES string of the molecule is COc1ncc(C2CCOCC2)c2sc(NC(=O)N3CCC(O)(CF)CC3)nc12. The third-order valence-electron chi connectivity index (χ3n) is 5.71. The van der Waals surface area contributed by atoms with E-state index in [1.54, 1.807) is 12.0 Å². The second-order valence-electron chi connectivity index (χ2n) is 7.58. The summed E-state index contributed by atoms with van der Waals surface area (Å²) in [6, 6.07) is -0.301. The van der Waals surface area contributed by atoms with Gasteiger partial charge in [0.15, 0.2) is 5.13 Å². The smallest absolute Gasteiger partial charge is 0.323 e. The fourth-order valence-corrected chi connectivity index (χ4v) is 4.88. The standard InChI is InChI=1S/C19H25FN4O4S/c1-27-16-14-15(13(10-21-16)12-2-8-28-9-3-12)29-17(22-14)23-18(25)24-6-4-19(26,11-20)5-7-24/h10,12,26H,2-9,11H2,1H3,(H,22,23,25). The van der Waals surface area contributed by atoms with Crippen molar-refractivity contribution in [2.75, 3.05) is 45.4 Å². The van der Waals surface area contributed by atoms with E-state index in [4.69, 9.17) is 9.47 Å². The normalized spacial score (nSPS) is 20.0. The first-order chi connectivity index (χ1) is 14.0. The summed E-state index contributed by atoms with van der Waals surface area (Å²) in [5.41, 5.74) is 0.430. The molecule has 2 N–H and O–H groups in total. The summed E-state index contributed by atoms with van der Waals surface area (Å²) >= 11 is 1.40. The number of likely N-dealkylation sites (tertiary alicyclic amines) is 1. The molecular weight excluding hydrogens is 399 g/mol. The molecule has 2 saturated heterocycles. The molecule has 0 aromatic carbocycles. The highest BCUT2D eigenvalue weighted by Crippen LogP contribution is 2.39. The molecule has 10 heteroatoms. The Morgan fingerprint density at radius 1 is 1.45 bits per heavy atom. The number of fused-ring (bicyclic) bond motifs is 1. The zero-order chi connectivity index (χ0) is 20.4. The van der Waals surface area contributed by atoms with Crippen LogP contribution in [0.15, 0.2) is 6.20 Å². The first-order valence-electron chi connectivity index (χ1n) is 9.78. The molecule has 0 bridgehead atoms. The number of ether oxygens (including phenoxy) is 2. The molecule has 2 amide bonds. The number of piperidine rings is 1. The quantitative estimate of drug-likeness (QED) is 0.783. The van der Waals surface area contributed by atoms with Gasteiger partial charge in [-0.3, -0.25) is 5.32 Å². The van der Waals surface area contributed by atoms with Crippen LogP contribution in [-0.4, -0.2) is 71.7 Å². The van der Waals surface area contributed by atoms with Gasteiger partial charge in [0, 0.05) is 32.5 Å². The van der Waals surface area contributed by atoms with E-state index in [9.17, 15) is 14.3 Å². The zero-order valence-corrected chi connectivity index (χ0v) is 17.1. The first kappa shape index (κ1) is 20.2. The number of methoxy groups -OCH3 is 1. The molecule has 2 aromatic rings. The largest absolute Gasteiger partial charge is 0.479 e. The summed E-state index contributed by atoms with van der Waals surface area (Å²) < 4.78 is 24.7. The number of nitrogens with one attached hydrogen (secondary N) is 1. The number of aromatic nitrogens is 2. The summed E-state index contributed by atoms with van der Waals surface area (Å²) in [6.07, 6.45) is 4.14. The van der Waals surface area contributed by atoms with Crippen LogP contribution in [0.4, 0.5) is 14.3 Å². The average Bonchev–Trinajstić information content (AvgIpc) is 3.17. The molecule has 29 heavy (non-hydrogen) atoms. The van der Waals surface area contributed by atoms with Gasteiger partial charge in [0.25, 0.3) is 0 Å². The van der Waals surface area contributed by atoms with Gasteiger partial charge in [0.05, 0.1) is 17.4 Å². The van der Waals surface area contributed by atoms with Crippen LogP contribution >= 0.6 is 11.3 Å². The number of carbonyl (C=O) groups excluding carboxylic acids is 1. The minimum absolute atomic E-state index is 0.225. The van der Waals surface area contributed by atoms with E-state index in [0.717, 1.165) is 36.3 Å². The molecular formula is C19H25FN4O4S. The van der Waals surface area contributed by atoms with Crippen LogP contribution in [0.3, 0.4) is 0 Å². The lowest BCUT2D eigenvalue weighted by atomic mass is 9.93. The van der Waals surface area contributed by atoms with Crippen LogP contribution < -0.4 is 10.1 Å². The lowest BCUT2D eigenvalue weighted by Gasteiger charge is -2.36. The number of halogens is 1. The van der Waals surface area contributed by atoms with Crippen molar-refractivity contribution in [1.82, 2.24) is 14.9 Å². The minimum atomic E-state index is -1.32. The molecule has 4 rings (SSSR count). The number of anilines is 1. The number of alkyl halides is 1. The summed E-state index contributed by atoms with van der Waals surface area (Å²) in [5.74, 6) is 0.771. The predicted octanol–water partition coefficient (Wildman–Crippen LogP) is 2.92. The van der Waals surface area contributed by atoms with Gasteiger partial charge in [-0.25, -0.2) is 19.2 Å². The number of hydrogen-bond donors (Lipinski definition) is 2. The molecule has 0 spiro atoms. The number of pyridine rings is 1. The van der Waals surface area contributed by atoms with E-state index in [0.29, 0.717) is 35.5 Å². The van der Waals surface area contributed by atoms with Crippen molar-refractivity contribution in [3.63, 3.8) is 0 Å². The molecule has 2 aromatic heterocycles. The molecule has 2 fully saturated rings. The van der Waals surface area contributed by atoms with Crippen molar-refractivity contribution in [3.8, 4) is 5.88 Å². The Balaban J connectivity index is 1.54. The molecule has 2 aliphatic heterocycles. The monoisotopic (exact) mass is 424 g/mol. The summed E-state index contributed by atoms with van der Waals surface area (Å²) in [7, 11) is 1.55.